The van der Waals surface area contributed by atoms with Gasteiger partial charge in [0.1, 0.15) is 12.2 Å². The number of carbonyl (C=O) groups excluding carboxylic acids is 1. The summed E-state index contributed by atoms with van der Waals surface area (Å²) in [4.78, 5) is 16.0. The zero-order chi connectivity index (χ0) is 13.1. The van der Waals surface area contributed by atoms with Crippen molar-refractivity contribution in [2.24, 2.45) is 0 Å². The number of carbonyl (C=O) groups is 1. The first kappa shape index (κ1) is 13.0. The number of hydrogen-bond acceptors (Lipinski definition) is 3. The van der Waals surface area contributed by atoms with Crippen LogP contribution in [0, 0.1) is 0 Å². The molecule has 18 heavy (non-hydrogen) atoms. The zero-order valence-electron chi connectivity index (χ0n) is 9.45. The van der Waals surface area contributed by atoms with Crippen molar-refractivity contribution in [1.82, 2.24) is 20.5 Å². The minimum absolute atomic E-state index is 0.206. The van der Waals surface area contributed by atoms with Crippen molar-refractivity contribution in [2.75, 3.05) is 0 Å². The van der Waals surface area contributed by atoms with Gasteiger partial charge in [-0.25, -0.2) is 4.98 Å². The lowest BCUT2D eigenvalue weighted by molar-refractivity contribution is 0.0937. The lowest BCUT2D eigenvalue weighted by Crippen LogP contribution is -2.27. The van der Waals surface area contributed by atoms with Crippen molar-refractivity contribution < 1.29 is 4.79 Å². The predicted molar refractivity (Wildman–Crippen MR) is 71.4 cm³/mol. The molecular weight excluding hydrogens is 320 g/mol. The summed E-state index contributed by atoms with van der Waals surface area (Å²) in [7, 11) is 0. The number of nitrogens with one attached hydrogen (secondary N) is 2. The van der Waals surface area contributed by atoms with Gasteiger partial charge in [-0.1, -0.05) is 11.6 Å². The molecule has 94 valence electrons. The van der Waals surface area contributed by atoms with Gasteiger partial charge in [-0.05, 0) is 41.1 Å². The second-order valence-electron chi connectivity index (χ2n) is 3.69. The van der Waals surface area contributed by atoms with Crippen molar-refractivity contribution in [3.63, 3.8) is 0 Å². The fourth-order valence-electron chi connectivity index (χ4n) is 1.44. The van der Waals surface area contributed by atoms with Crippen molar-refractivity contribution in [3.05, 3.63) is 45.4 Å². The number of rotatable bonds is 3. The van der Waals surface area contributed by atoms with E-state index in [0.717, 1.165) is 0 Å². The lowest BCUT2D eigenvalue weighted by atomic mass is 10.2. The summed E-state index contributed by atoms with van der Waals surface area (Å²) >= 11 is 9.13. The van der Waals surface area contributed by atoms with E-state index >= 15 is 0 Å². The van der Waals surface area contributed by atoms with Crippen LogP contribution in [-0.2, 0) is 0 Å². The highest BCUT2D eigenvalue weighted by Gasteiger charge is 2.15. The maximum Gasteiger partial charge on any atom is 0.253 e. The Labute approximate surface area is 117 Å². The monoisotopic (exact) mass is 328 g/mol. The predicted octanol–water partition coefficient (Wildman–Crippen LogP) is 2.71. The molecule has 2 aromatic rings. The van der Waals surface area contributed by atoms with Crippen LogP contribution in [-0.4, -0.2) is 21.1 Å². The molecule has 2 rings (SSSR count). The first-order valence-electron chi connectivity index (χ1n) is 5.19. The van der Waals surface area contributed by atoms with Gasteiger partial charge in [-0.15, -0.1) is 0 Å². The van der Waals surface area contributed by atoms with E-state index < -0.39 is 0 Å². The van der Waals surface area contributed by atoms with E-state index in [9.17, 15) is 4.79 Å². The van der Waals surface area contributed by atoms with Crippen molar-refractivity contribution in [2.45, 2.75) is 13.0 Å². The van der Waals surface area contributed by atoms with Crippen molar-refractivity contribution in [1.29, 1.82) is 0 Å². The molecule has 1 aromatic carbocycles. The van der Waals surface area contributed by atoms with E-state index in [1.165, 1.54) is 6.33 Å². The Hall–Kier alpha value is -1.40. The Bertz CT molecular complexity index is 558. The normalized spacial score (nSPS) is 12.2. The Kier molecular flexibility index (Phi) is 3.98. The average Bonchev–Trinajstić information content (AvgIpc) is 2.81. The minimum Gasteiger partial charge on any atom is -0.342 e. The standard InChI is InChI=1S/C11H10BrClN4O/c1-6(10-14-5-15-17-10)16-11(18)8-3-2-7(13)4-9(8)12/h2-6H,1H3,(H,16,18)(H,14,15,17). The number of benzene rings is 1. The third-order valence-corrected chi connectivity index (χ3v) is 3.26. The molecule has 0 aliphatic carbocycles. The molecule has 0 saturated heterocycles. The number of H-pyrrole nitrogens is 1. The zero-order valence-corrected chi connectivity index (χ0v) is 11.8. The lowest BCUT2D eigenvalue weighted by Gasteiger charge is -2.12. The van der Waals surface area contributed by atoms with Crippen LogP contribution in [0.2, 0.25) is 5.02 Å². The van der Waals surface area contributed by atoms with Crippen molar-refractivity contribution in [3.8, 4) is 0 Å². The fourth-order valence-corrected chi connectivity index (χ4v) is 2.30. The Morgan fingerprint density at radius 2 is 2.33 bits per heavy atom. The fraction of sp³-hybridized carbons (Fsp3) is 0.182. The first-order chi connectivity index (χ1) is 8.58. The van der Waals surface area contributed by atoms with Gasteiger partial charge in [-0.2, -0.15) is 5.10 Å². The molecule has 7 heteroatoms. The highest BCUT2D eigenvalue weighted by Crippen LogP contribution is 2.22. The third kappa shape index (κ3) is 2.88. The summed E-state index contributed by atoms with van der Waals surface area (Å²) in [5.41, 5.74) is 0.519. The Morgan fingerprint density at radius 1 is 1.56 bits per heavy atom. The number of aromatic nitrogens is 3. The molecule has 0 saturated carbocycles. The molecule has 5 nitrogen and oxygen atoms in total. The SMILES string of the molecule is CC(NC(=O)c1ccc(Cl)cc1Br)c1ncn[nH]1. The molecule has 0 radical (unpaired) electrons. The third-order valence-electron chi connectivity index (χ3n) is 2.37. The molecular formula is C11H10BrClN4O. The summed E-state index contributed by atoms with van der Waals surface area (Å²) in [5.74, 6) is 0.399. The maximum absolute atomic E-state index is 12.0. The van der Waals surface area contributed by atoms with Gasteiger partial charge in [0.05, 0.1) is 11.6 Å². The van der Waals surface area contributed by atoms with E-state index in [-0.39, 0.29) is 11.9 Å². The van der Waals surface area contributed by atoms with Gasteiger partial charge < -0.3 is 5.32 Å². The van der Waals surface area contributed by atoms with Crippen LogP contribution in [0.15, 0.2) is 29.0 Å². The van der Waals surface area contributed by atoms with Crippen LogP contribution in [0.1, 0.15) is 29.1 Å². The van der Waals surface area contributed by atoms with Gasteiger partial charge in [0.25, 0.3) is 5.91 Å². The molecule has 0 spiro atoms. The van der Waals surface area contributed by atoms with Crippen LogP contribution >= 0.6 is 27.5 Å². The summed E-state index contributed by atoms with van der Waals surface area (Å²) in [6, 6.07) is 4.76. The molecule has 0 fully saturated rings. The summed E-state index contributed by atoms with van der Waals surface area (Å²) < 4.78 is 0.650. The van der Waals surface area contributed by atoms with Crippen LogP contribution in [0.5, 0.6) is 0 Å². The molecule has 2 N–H and O–H groups in total. The van der Waals surface area contributed by atoms with E-state index in [0.29, 0.717) is 20.9 Å². The maximum atomic E-state index is 12.0. The van der Waals surface area contributed by atoms with Gasteiger partial charge in [0, 0.05) is 9.50 Å². The van der Waals surface area contributed by atoms with Gasteiger partial charge in [0.15, 0.2) is 0 Å². The van der Waals surface area contributed by atoms with Gasteiger partial charge >= 0.3 is 0 Å². The van der Waals surface area contributed by atoms with E-state index in [1.807, 2.05) is 6.92 Å². The van der Waals surface area contributed by atoms with E-state index in [2.05, 4.69) is 36.4 Å². The number of hydrogen-bond donors (Lipinski definition) is 2. The highest BCUT2D eigenvalue weighted by atomic mass is 79.9. The topological polar surface area (TPSA) is 70.7 Å². The first-order valence-corrected chi connectivity index (χ1v) is 6.36. The van der Waals surface area contributed by atoms with Crippen LogP contribution in [0.3, 0.4) is 0 Å². The van der Waals surface area contributed by atoms with E-state index in [1.54, 1.807) is 18.2 Å². The summed E-state index contributed by atoms with van der Waals surface area (Å²) in [6.45, 7) is 1.82. The Morgan fingerprint density at radius 3 is 2.94 bits per heavy atom. The smallest absolute Gasteiger partial charge is 0.253 e. The minimum atomic E-state index is -0.248. The Balaban J connectivity index is 2.12. The molecule has 1 atom stereocenters. The molecule has 1 heterocycles. The second-order valence-corrected chi connectivity index (χ2v) is 4.98. The quantitative estimate of drug-likeness (QED) is 0.909. The number of aromatic amines is 1. The average molecular weight is 330 g/mol. The number of amides is 1. The molecule has 0 aliphatic heterocycles. The van der Waals surface area contributed by atoms with E-state index in [4.69, 9.17) is 11.6 Å². The summed E-state index contributed by atoms with van der Waals surface area (Å²) in [6.07, 6.45) is 1.40. The number of halogens is 2. The van der Waals surface area contributed by atoms with Crippen molar-refractivity contribution >= 4 is 33.4 Å². The molecule has 1 aromatic heterocycles. The molecule has 0 bridgehead atoms. The molecule has 0 aliphatic rings. The van der Waals surface area contributed by atoms with Gasteiger partial charge in [-0.3, -0.25) is 9.89 Å². The molecule has 1 unspecified atom stereocenters. The number of nitrogens with zero attached hydrogens (tertiary/aromatic N) is 2. The summed E-state index contributed by atoms with van der Waals surface area (Å²) in [5, 5.41) is 9.83. The highest BCUT2D eigenvalue weighted by molar-refractivity contribution is 9.10. The van der Waals surface area contributed by atoms with Crippen LogP contribution in [0.25, 0.3) is 0 Å². The largest absolute Gasteiger partial charge is 0.342 e. The molecule has 1 amide bonds. The van der Waals surface area contributed by atoms with Crippen LogP contribution < -0.4 is 5.32 Å². The van der Waals surface area contributed by atoms with Crippen LogP contribution in [0.4, 0.5) is 0 Å². The van der Waals surface area contributed by atoms with Gasteiger partial charge in [0.2, 0.25) is 0 Å². The second kappa shape index (κ2) is 5.49.